The van der Waals surface area contributed by atoms with Crippen molar-refractivity contribution in [3.8, 4) is 22.5 Å². The average Bonchev–Trinajstić information content (AvgIpc) is 3.19. The fraction of sp³-hybridized carbons (Fsp3) is 0.280. The van der Waals surface area contributed by atoms with Crippen LogP contribution >= 0.6 is 0 Å². The van der Waals surface area contributed by atoms with E-state index in [0.717, 1.165) is 48.0 Å². The molecule has 0 aliphatic heterocycles. The molecular formula is C25H26N4O3. The van der Waals surface area contributed by atoms with Crippen LogP contribution < -0.4 is 5.56 Å². The lowest BCUT2D eigenvalue weighted by molar-refractivity contribution is -0.137. The first-order chi connectivity index (χ1) is 15.6. The summed E-state index contributed by atoms with van der Waals surface area (Å²) in [7, 11) is 0. The van der Waals surface area contributed by atoms with E-state index >= 15 is 0 Å². The van der Waals surface area contributed by atoms with Crippen molar-refractivity contribution in [1.82, 2.24) is 19.4 Å². The molecule has 3 aromatic heterocycles. The van der Waals surface area contributed by atoms with E-state index in [0.29, 0.717) is 18.7 Å². The highest BCUT2D eigenvalue weighted by Gasteiger charge is 2.18. The maximum absolute atomic E-state index is 12.4. The summed E-state index contributed by atoms with van der Waals surface area (Å²) >= 11 is 0. The molecule has 1 N–H and O–H groups in total. The van der Waals surface area contributed by atoms with Gasteiger partial charge in [-0.3, -0.25) is 9.59 Å². The normalized spacial score (nSPS) is 11.1. The highest BCUT2D eigenvalue weighted by molar-refractivity contribution is 5.90. The van der Waals surface area contributed by atoms with E-state index in [2.05, 4.69) is 5.10 Å². The summed E-state index contributed by atoms with van der Waals surface area (Å²) in [4.78, 5) is 23.0. The van der Waals surface area contributed by atoms with Crippen molar-refractivity contribution in [2.24, 2.45) is 0 Å². The molecule has 0 unspecified atom stereocenters. The largest absolute Gasteiger partial charge is 0.481 e. The minimum atomic E-state index is -0.750. The fourth-order valence-corrected chi connectivity index (χ4v) is 3.86. The lowest BCUT2D eigenvalue weighted by Crippen LogP contribution is -2.22. The summed E-state index contributed by atoms with van der Waals surface area (Å²) in [5.74, 6) is -0.750. The minimum Gasteiger partial charge on any atom is -0.481 e. The zero-order chi connectivity index (χ0) is 22.3. The number of hydrogen-bond acceptors (Lipinski definition) is 4. The second-order valence-electron chi connectivity index (χ2n) is 7.81. The number of aromatic nitrogens is 4. The molecule has 3 heterocycles. The molecule has 7 heteroatoms. The van der Waals surface area contributed by atoms with Crippen molar-refractivity contribution in [2.45, 2.75) is 45.1 Å². The van der Waals surface area contributed by atoms with Crippen LogP contribution in [-0.2, 0) is 11.3 Å². The molecule has 4 aromatic rings. The Morgan fingerprint density at radius 3 is 2.41 bits per heavy atom. The van der Waals surface area contributed by atoms with Gasteiger partial charge in [-0.05, 0) is 31.0 Å². The number of rotatable bonds is 10. The number of carboxylic acid groups (broad SMARTS) is 1. The van der Waals surface area contributed by atoms with E-state index < -0.39 is 5.97 Å². The van der Waals surface area contributed by atoms with Gasteiger partial charge in [-0.15, -0.1) is 0 Å². The number of hydrogen-bond donors (Lipinski definition) is 1. The van der Waals surface area contributed by atoms with Crippen LogP contribution in [0.5, 0.6) is 0 Å². The van der Waals surface area contributed by atoms with Gasteiger partial charge in [0.15, 0.2) is 0 Å². The molecule has 0 fully saturated rings. The van der Waals surface area contributed by atoms with Crippen molar-refractivity contribution in [2.75, 3.05) is 0 Å². The minimum absolute atomic E-state index is 0.127. The van der Waals surface area contributed by atoms with Gasteiger partial charge >= 0.3 is 5.97 Å². The van der Waals surface area contributed by atoms with Crippen LogP contribution in [0.3, 0.4) is 0 Å². The Kier molecular flexibility index (Phi) is 6.75. The van der Waals surface area contributed by atoms with Crippen molar-refractivity contribution in [3.63, 3.8) is 0 Å². The van der Waals surface area contributed by atoms with Crippen molar-refractivity contribution in [3.05, 3.63) is 77.2 Å². The molecule has 0 bridgehead atoms. The summed E-state index contributed by atoms with van der Waals surface area (Å²) in [6, 6.07) is 19.2. The summed E-state index contributed by atoms with van der Waals surface area (Å²) < 4.78 is 3.36. The molecule has 7 nitrogen and oxygen atoms in total. The third kappa shape index (κ3) is 4.94. The number of nitrogens with zero attached hydrogens (tertiary/aromatic N) is 4. The van der Waals surface area contributed by atoms with E-state index in [-0.39, 0.29) is 12.0 Å². The molecule has 0 spiro atoms. The fourth-order valence-electron chi connectivity index (χ4n) is 3.86. The molecule has 4 rings (SSSR count). The molecule has 0 radical (unpaired) electrons. The summed E-state index contributed by atoms with van der Waals surface area (Å²) in [6.07, 6.45) is 6.41. The van der Waals surface area contributed by atoms with Crippen molar-refractivity contribution >= 4 is 11.5 Å². The second-order valence-corrected chi connectivity index (χ2v) is 7.81. The average molecular weight is 431 g/mol. The van der Waals surface area contributed by atoms with Crippen LogP contribution in [0.2, 0.25) is 0 Å². The monoisotopic (exact) mass is 430 g/mol. The third-order valence-electron chi connectivity index (χ3n) is 5.47. The van der Waals surface area contributed by atoms with Crippen LogP contribution in [0.4, 0.5) is 0 Å². The molecule has 0 atom stereocenters. The SMILES string of the molecule is O=C(O)CCCCCCCn1nc(-c2c(-c3ccccc3)nn3ccccc23)ccc1=O. The first kappa shape index (κ1) is 21.5. The Labute approximate surface area is 186 Å². The Hall–Kier alpha value is -3.74. The number of aliphatic carboxylic acids is 1. The molecule has 164 valence electrons. The Morgan fingerprint density at radius 1 is 0.844 bits per heavy atom. The summed E-state index contributed by atoms with van der Waals surface area (Å²) in [5.41, 5.74) is 4.24. The van der Waals surface area contributed by atoms with Gasteiger partial charge in [0.05, 0.1) is 16.8 Å². The first-order valence-electron chi connectivity index (χ1n) is 11.0. The number of aryl methyl sites for hydroxylation is 1. The van der Waals surface area contributed by atoms with Gasteiger partial charge in [0.1, 0.15) is 5.69 Å². The number of carbonyl (C=O) groups is 1. The lowest BCUT2D eigenvalue weighted by atomic mass is 10.0. The Balaban J connectivity index is 1.57. The lowest BCUT2D eigenvalue weighted by Gasteiger charge is -2.08. The van der Waals surface area contributed by atoms with Crippen LogP contribution in [-0.4, -0.2) is 30.5 Å². The van der Waals surface area contributed by atoms with E-state index in [1.807, 2.05) is 59.2 Å². The number of carboxylic acids is 1. The van der Waals surface area contributed by atoms with Crippen molar-refractivity contribution in [1.29, 1.82) is 0 Å². The number of benzene rings is 1. The quantitative estimate of drug-likeness (QED) is 0.370. The number of unbranched alkanes of at least 4 members (excludes halogenated alkanes) is 4. The molecule has 32 heavy (non-hydrogen) atoms. The zero-order valence-electron chi connectivity index (χ0n) is 17.9. The summed E-state index contributed by atoms with van der Waals surface area (Å²) in [5, 5.41) is 18.2. The molecular weight excluding hydrogens is 404 g/mol. The third-order valence-corrected chi connectivity index (χ3v) is 5.47. The van der Waals surface area contributed by atoms with E-state index in [9.17, 15) is 9.59 Å². The topological polar surface area (TPSA) is 89.5 Å². The van der Waals surface area contributed by atoms with Gasteiger partial charge in [0.2, 0.25) is 0 Å². The summed E-state index contributed by atoms with van der Waals surface area (Å²) in [6.45, 7) is 0.533. The maximum Gasteiger partial charge on any atom is 0.303 e. The van der Waals surface area contributed by atoms with E-state index in [1.54, 1.807) is 12.1 Å². The standard InChI is InChI=1S/C25H26N4O3/c30-22-16-15-20(26-29(22)18-9-3-1-2-7-14-23(31)32)24-21-13-8-10-17-28(21)27-25(24)19-11-5-4-6-12-19/h4-6,8,10-13,15-17H,1-3,7,9,14,18H2,(H,31,32). The van der Waals surface area contributed by atoms with Gasteiger partial charge in [0.25, 0.3) is 5.56 Å². The zero-order valence-corrected chi connectivity index (χ0v) is 17.9. The highest BCUT2D eigenvalue weighted by Crippen LogP contribution is 2.33. The number of pyridine rings is 1. The molecule has 0 aliphatic rings. The van der Waals surface area contributed by atoms with Crippen LogP contribution in [0.1, 0.15) is 38.5 Å². The van der Waals surface area contributed by atoms with Crippen molar-refractivity contribution < 1.29 is 9.90 Å². The van der Waals surface area contributed by atoms with Gasteiger partial charge in [-0.2, -0.15) is 10.2 Å². The highest BCUT2D eigenvalue weighted by atomic mass is 16.4. The Morgan fingerprint density at radius 2 is 1.59 bits per heavy atom. The van der Waals surface area contributed by atoms with E-state index in [4.69, 9.17) is 10.2 Å². The molecule has 0 amide bonds. The maximum atomic E-state index is 12.4. The predicted octanol–water partition coefficient (Wildman–Crippen LogP) is 4.65. The van der Waals surface area contributed by atoms with E-state index in [1.165, 1.54) is 4.68 Å². The predicted molar refractivity (Wildman–Crippen MR) is 123 cm³/mol. The molecule has 0 saturated heterocycles. The molecule has 1 aromatic carbocycles. The molecule has 0 aliphatic carbocycles. The smallest absolute Gasteiger partial charge is 0.303 e. The van der Waals surface area contributed by atoms with Gasteiger partial charge in [-0.25, -0.2) is 9.20 Å². The van der Waals surface area contributed by atoms with Gasteiger partial charge in [0, 0.05) is 30.8 Å². The van der Waals surface area contributed by atoms with Crippen LogP contribution in [0, 0.1) is 0 Å². The second kappa shape index (κ2) is 10.0. The number of fused-ring (bicyclic) bond motifs is 1. The Bertz CT molecular complexity index is 1260. The van der Waals surface area contributed by atoms with Crippen LogP contribution in [0.25, 0.3) is 28.0 Å². The van der Waals surface area contributed by atoms with Gasteiger partial charge in [-0.1, -0.05) is 55.7 Å². The first-order valence-corrected chi connectivity index (χ1v) is 11.0. The van der Waals surface area contributed by atoms with Crippen LogP contribution in [0.15, 0.2) is 71.7 Å². The molecule has 0 saturated carbocycles. The van der Waals surface area contributed by atoms with Gasteiger partial charge < -0.3 is 5.11 Å².